The van der Waals surface area contributed by atoms with E-state index in [0.717, 1.165) is 25.7 Å². The van der Waals surface area contributed by atoms with Gasteiger partial charge in [-0.15, -0.1) is 0 Å². The molecule has 0 aromatic rings. The molecule has 0 spiro atoms. The highest BCUT2D eigenvalue weighted by Crippen LogP contribution is 2.37. The molecule has 0 aromatic heterocycles. The van der Waals surface area contributed by atoms with Crippen molar-refractivity contribution < 1.29 is 8.42 Å². The number of aliphatic imine (C=N–C) groups is 1. The summed E-state index contributed by atoms with van der Waals surface area (Å²) in [6.45, 7) is 0. The molecule has 13 heavy (non-hydrogen) atoms. The molecule has 1 heterocycles. The fourth-order valence-electron chi connectivity index (χ4n) is 1.89. The standard InChI is InChI=1S/C8H10ClNO2S/c9-8-10-5-7(13(8,11)12)6-3-1-2-4-6/h5-6H,1-4H2. The van der Waals surface area contributed by atoms with Crippen LogP contribution >= 0.6 is 11.6 Å². The lowest BCUT2D eigenvalue weighted by atomic mass is 10.1. The monoisotopic (exact) mass is 219 g/mol. The van der Waals surface area contributed by atoms with Gasteiger partial charge in [-0.25, -0.2) is 13.4 Å². The third-order valence-corrected chi connectivity index (χ3v) is 4.90. The molecular weight excluding hydrogens is 210 g/mol. The highest BCUT2D eigenvalue weighted by atomic mass is 35.5. The lowest BCUT2D eigenvalue weighted by molar-refractivity contribution is 0.596. The Labute approximate surface area is 82.4 Å². The van der Waals surface area contributed by atoms with Crippen molar-refractivity contribution >= 4 is 25.9 Å². The van der Waals surface area contributed by atoms with E-state index in [1.807, 2.05) is 0 Å². The van der Waals surface area contributed by atoms with Crippen LogP contribution in [0.5, 0.6) is 0 Å². The predicted octanol–water partition coefficient (Wildman–Crippen LogP) is 2.04. The summed E-state index contributed by atoms with van der Waals surface area (Å²) in [5.41, 5.74) is 0. The van der Waals surface area contributed by atoms with E-state index in [2.05, 4.69) is 4.99 Å². The van der Waals surface area contributed by atoms with E-state index < -0.39 is 9.84 Å². The van der Waals surface area contributed by atoms with Gasteiger partial charge in [-0.3, -0.25) is 0 Å². The lowest BCUT2D eigenvalue weighted by Crippen LogP contribution is -2.12. The number of sulfone groups is 1. The number of hydrogen-bond donors (Lipinski definition) is 0. The summed E-state index contributed by atoms with van der Waals surface area (Å²) in [4.78, 5) is 4.07. The zero-order valence-electron chi connectivity index (χ0n) is 7.03. The molecule has 0 N–H and O–H groups in total. The predicted molar refractivity (Wildman–Crippen MR) is 52.2 cm³/mol. The molecule has 1 aliphatic carbocycles. The Bertz CT molecular complexity index is 377. The van der Waals surface area contributed by atoms with Gasteiger partial charge in [0.2, 0.25) is 14.3 Å². The second kappa shape index (κ2) is 3.10. The Hall–Kier alpha value is -0.350. The average Bonchev–Trinajstić information content (AvgIpc) is 2.62. The van der Waals surface area contributed by atoms with Gasteiger partial charge in [0.1, 0.15) is 0 Å². The van der Waals surface area contributed by atoms with Gasteiger partial charge >= 0.3 is 0 Å². The summed E-state index contributed by atoms with van der Waals surface area (Å²) >= 11 is 5.49. The summed E-state index contributed by atoms with van der Waals surface area (Å²) < 4.78 is 22.8. The molecule has 1 fully saturated rings. The fourth-order valence-corrected chi connectivity index (χ4v) is 3.45. The van der Waals surface area contributed by atoms with Crippen LogP contribution in [0.2, 0.25) is 0 Å². The van der Waals surface area contributed by atoms with Crippen molar-refractivity contribution in [3.63, 3.8) is 0 Å². The van der Waals surface area contributed by atoms with E-state index in [1.54, 1.807) is 0 Å². The van der Waals surface area contributed by atoms with Crippen molar-refractivity contribution in [3.8, 4) is 0 Å². The zero-order chi connectivity index (χ0) is 9.47. The van der Waals surface area contributed by atoms with Crippen LogP contribution in [0.1, 0.15) is 25.7 Å². The van der Waals surface area contributed by atoms with E-state index in [0.29, 0.717) is 4.91 Å². The van der Waals surface area contributed by atoms with Crippen molar-refractivity contribution in [2.45, 2.75) is 25.7 Å². The summed E-state index contributed by atoms with van der Waals surface area (Å²) in [6.07, 6.45) is 5.52. The first-order valence-electron chi connectivity index (χ1n) is 4.31. The third kappa shape index (κ3) is 1.42. The number of hydrogen-bond acceptors (Lipinski definition) is 3. The SMILES string of the molecule is O=S1(=O)C(C2CCCC2)=CN=C1Cl. The number of allylic oxidation sites excluding steroid dienone is 1. The van der Waals surface area contributed by atoms with Crippen molar-refractivity contribution in [3.05, 3.63) is 11.1 Å². The van der Waals surface area contributed by atoms with Gasteiger partial charge in [0.25, 0.3) is 0 Å². The van der Waals surface area contributed by atoms with Crippen molar-refractivity contribution in [1.29, 1.82) is 0 Å². The molecule has 0 aromatic carbocycles. The van der Waals surface area contributed by atoms with E-state index in [-0.39, 0.29) is 10.4 Å². The second-order valence-electron chi connectivity index (χ2n) is 3.40. The second-order valence-corrected chi connectivity index (χ2v) is 5.85. The molecule has 0 unspecified atom stereocenters. The van der Waals surface area contributed by atoms with Crippen LogP contribution in [-0.2, 0) is 9.84 Å². The number of halogens is 1. The van der Waals surface area contributed by atoms with Crippen LogP contribution in [0.15, 0.2) is 16.1 Å². The van der Waals surface area contributed by atoms with Crippen molar-refractivity contribution in [2.75, 3.05) is 0 Å². The Morgan fingerprint density at radius 3 is 2.46 bits per heavy atom. The Balaban J connectivity index is 2.29. The molecule has 0 radical (unpaired) electrons. The first-order valence-corrected chi connectivity index (χ1v) is 6.17. The Morgan fingerprint density at radius 2 is 2.00 bits per heavy atom. The molecule has 2 rings (SSSR count). The lowest BCUT2D eigenvalue weighted by Gasteiger charge is -2.08. The Morgan fingerprint density at radius 1 is 1.38 bits per heavy atom. The summed E-state index contributed by atoms with van der Waals surface area (Å²) in [6, 6.07) is 0. The highest BCUT2D eigenvalue weighted by Gasteiger charge is 2.34. The maximum Gasteiger partial charge on any atom is 0.232 e. The Kier molecular flexibility index (Phi) is 2.20. The number of nitrogens with zero attached hydrogens (tertiary/aromatic N) is 1. The summed E-state index contributed by atoms with van der Waals surface area (Å²) in [5, 5.41) is 0. The van der Waals surface area contributed by atoms with E-state index >= 15 is 0 Å². The molecule has 0 bridgehead atoms. The molecule has 1 aliphatic heterocycles. The normalized spacial score (nSPS) is 27.5. The fraction of sp³-hybridized carbons (Fsp3) is 0.625. The van der Waals surface area contributed by atoms with Gasteiger partial charge in [0, 0.05) is 6.20 Å². The van der Waals surface area contributed by atoms with E-state index in [1.165, 1.54) is 6.20 Å². The molecule has 0 atom stereocenters. The minimum atomic E-state index is -3.37. The third-order valence-electron chi connectivity index (χ3n) is 2.58. The van der Waals surface area contributed by atoms with E-state index in [9.17, 15) is 8.42 Å². The first-order chi connectivity index (χ1) is 6.12. The molecule has 3 nitrogen and oxygen atoms in total. The molecule has 0 amide bonds. The van der Waals surface area contributed by atoms with Gasteiger partial charge in [0.05, 0.1) is 4.91 Å². The van der Waals surface area contributed by atoms with Crippen LogP contribution in [-0.4, -0.2) is 12.9 Å². The molecule has 72 valence electrons. The van der Waals surface area contributed by atoms with Gasteiger partial charge in [-0.2, -0.15) is 0 Å². The molecule has 2 aliphatic rings. The van der Waals surface area contributed by atoms with Crippen molar-refractivity contribution in [2.24, 2.45) is 10.9 Å². The molecule has 5 heteroatoms. The quantitative estimate of drug-likeness (QED) is 0.678. The minimum absolute atomic E-state index is 0.157. The first kappa shape index (κ1) is 9.21. The highest BCUT2D eigenvalue weighted by molar-refractivity contribution is 8.12. The van der Waals surface area contributed by atoms with Gasteiger partial charge in [0.15, 0.2) is 0 Å². The summed E-state index contributed by atoms with van der Waals surface area (Å²) in [5.74, 6) is 0.157. The van der Waals surface area contributed by atoms with Crippen LogP contribution < -0.4 is 0 Å². The van der Waals surface area contributed by atoms with Crippen LogP contribution in [0, 0.1) is 5.92 Å². The van der Waals surface area contributed by atoms with Gasteiger partial charge in [-0.05, 0) is 30.4 Å². The minimum Gasteiger partial charge on any atom is -0.232 e. The van der Waals surface area contributed by atoms with Crippen molar-refractivity contribution in [1.82, 2.24) is 0 Å². The van der Waals surface area contributed by atoms with Gasteiger partial charge in [-0.1, -0.05) is 12.8 Å². The topological polar surface area (TPSA) is 46.5 Å². The average molecular weight is 220 g/mol. The molecular formula is C8H10ClNO2S. The maximum atomic E-state index is 11.5. The number of rotatable bonds is 1. The van der Waals surface area contributed by atoms with Crippen LogP contribution in [0.25, 0.3) is 0 Å². The molecule has 1 saturated carbocycles. The smallest absolute Gasteiger partial charge is 0.232 e. The van der Waals surface area contributed by atoms with Crippen LogP contribution in [0.3, 0.4) is 0 Å². The summed E-state index contributed by atoms with van der Waals surface area (Å²) in [7, 11) is -3.37. The van der Waals surface area contributed by atoms with Crippen LogP contribution in [0.4, 0.5) is 0 Å². The van der Waals surface area contributed by atoms with E-state index in [4.69, 9.17) is 11.6 Å². The largest absolute Gasteiger partial charge is 0.232 e. The van der Waals surface area contributed by atoms with Gasteiger partial charge < -0.3 is 0 Å². The molecule has 0 saturated heterocycles. The maximum absolute atomic E-state index is 11.5. The zero-order valence-corrected chi connectivity index (χ0v) is 8.61.